The molecular formula is C21H26N4O2. The Labute approximate surface area is 158 Å². The molecule has 1 N–H and O–H groups in total. The van der Waals surface area contributed by atoms with Crippen LogP contribution < -0.4 is 4.90 Å². The third-order valence-electron chi connectivity index (χ3n) is 5.93. The van der Waals surface area contributed by atoms with Crippen LogP contribution in [-0.4, -0.2) is 38.9 Å². The zero-order chi connectivity index (χ0) is 18.5. The number of aliphatic hydroxyl groups excluding tert-OH is 1. The molecule has 0 saturated carbocycles. The largest absolute Gasteiger partial charge is 0.466 e. The second-order valence-electron chi connectivity index (χ2n) is 7.91. The van der Waals surface area contributed by atoms with E-state index in [1.165, 1.54) is 29.9 Å². The van der Waals surface area contributed by atoms with Crippen LogP contribution in [0.4, 0.5) is 5.82 Å². The number of furan rings is 1. The van der Waals surface area contributed by atoms with Crippen molar-refractivity contribution >= 4 is 11.5 Å². The smallest absolute Gasteiger partial charge is 0.158 e. The lowest BCUT2D eigenvalue weighted by Crippen LogP contribution is -2.38. The van der Waals surface area contributed by atoms with Crippen LogP contribution in [0.1, 0.15) is 48.5 Å². The summed E-state index contributed by atoms with van der Waals surface area (Å²) in [5, 5.41) is 14.9. The van der Waals surface area contributed by atoms with Crippen molar-refractivity contribution in [3.05, 3.63) is 34.9 Å². The zero-order valence-electron chi connectivity index (χ0n) is 16.0. The third kappa shape index (κ3) is 2.83. The molecule has 0 radical (unpaired) electrons. The van der Waals surface area contributed by atoms with Crippen LogP contribution in [0.5, 0.6) is 0 Å². The van der Waals surface area contributed by atoms with Gasteiger partial charge in [-0.1, -0.05) is 0 Å². The minimum absolute atomic E-state index is 0.181. The van der Waals surface area contributed by atoms with Gasteiger partial charge in [0.25, 0.3) is 0 Å². The van der Waals surface area contributed by atoms with Crippen molar-refractivity contribution in [2.24, 2.45) is 0 Å². The first kappa shape index (κ1) is 16.8. The fraction of sp³-hybridized carbons (Fsp3) is 0.524. The fourth-order valence-electron chi connectivity index (χ4n) is 4.55. The maximum atomic E-state index is 9.94. The van der Waals surface area contributed by atoms with E-state index in [-0.39, 0.29) is 6.10 Å². The minimum atomic E-state index is -0.181. The minimum Gasteiger partial charge on any atom is -0.466 e. The predicted octanol–water partition coefficient (Wildman–Crippen LogP) is 3.45. The summed E-state index contributed by atoms with van der Waals surface area (Å²) in [5.74, 6) is 2.98. The van der Waals surface area contributed by atoms with Gasteiger partial charge in [-0.25, -0.2) is 4.98 Å². The zero-order valence-corrected chi connectivity index (χ0v) is 16.0. The number of aromatic nitrogens is 3. The normalized spacial score (nSPS) is 18.3. The van der Waals surface area contributed by atoms with Gasteiger partial charge in [0.05, 0.1) is 11.8 Å². The summed E-state index contributed by atoms with van der Waals surface area (Å²) in [5.41, 5.74) is 5.43. The maximum Gasteiger partial charge on any atom is 0.158 e. The number of hydrogen-bond donors (Lipinski definition) is 1. The Kier molecular flexibility index (Phi) is 3.97. The number of rotatable bonds is 2. The van der Waals surface area contributed by atoms with Gasteiger partial charge in [-0.15, -0.1) is 0 Å². The Morgan fingerprint density at radius 3 is 2.63 bits per heavy atom. The Bertz CT molecular complexity index is 995. The van der Waals surface area contributed by atoms with E-state index in [2.05, 4.69) is 11.0 Å². The summed E-state index contributed by atoms with van der Waals surface area (Å²) in [4.78, 5) is 7.36. The highest BCUT2D eigenvalue weighted by molar-refractivity contribution is 5.69. The number of aliphatic hydroxyl groups is 1. The van der Waals surface area contributed by atoms with Crippen molar-refractivity contribution in [2.45, 2.75) is 58.5 Å². The van der Waals surface area contributed by atoms with Crippen LogP contribution in [0.25, 0.3) is 16.9 Å². The molecule has 2 aliphatic rings. The number of anilines is 1. The number of aryl methyl sites for hydroxylation is 3. The molecular weight excluding hydrogens is 340 g/mol. The maximum absolute atomic E-state index is 9.94. The second kappa shape index (κ2) is 6.37. The molecule has 6 nitrogen and oxygen atoms in total. The molecule has 3 aromatic rings. The number of fused-ring (bicyclic) bond motifs is 2. The number of piperidine rings is 1. The molecule has 0 spiro atoms. The van der Waals surface area contributed by atoms with Gasteiger partial charge in [0.1, 0.15) is 17.3 Å². The molecule has 5 rings (SSSR count). The summed E-state index contributed by atoms with van der Waals surface area (Å²) >= 11 is 0. The highest BCUT2D eigenvalue weighted by Crippen LogP contribution is 2.34. The van der Waals surface area contributed by atoms with Gasteiger partial charge in [0, 0.05) is 36.0 Å². The molecule has 1 saturated heterocycles. The van der Waals surface area contributed by atoms with Gasteiger partial charge in [-0.3, -0.25) is 0 Å². The van der Waals surface area contributed by atoms with Gasteiger partial charge < -0.3 is 14.4 Å². The lowest BCUT2D eigenvalue weighted by atomic mass is 9.95. The molecule has 142 valence electrons. The lowest BCUT2D eigenvalue weighted by molar-refractivity contribution is 0.145. The summed E-state index contributed by atoms with van der Waals surface area (Å²) in [6.07, 6.45) is 5.96. The van der Waals surface area contributed by atoms with Crippen molar-refractivity contribution in [2.75, 3.05) is 18.0 Å². The molecule has 27 heavy (non-hydrogen) atoms. The van der Waals surface area contributed by atoms with Crippen LogP contribution in [0, 0.1) is 13.8 Å². The molecule has 0 bridgehead atoms. The van der Waals surface area contributed by atoms with Crippen molar-refractivity contribution in [1.82, 2.24) is 14.6 Å². The van der Waals surface area contributed by atoms with E-state index in [0.29, 0.717) is 0 Å². The molecule has 0 atom stereocenters. The molecule has 4 heterocycles. The van der Waals surface area contributed by atoms with Crippen LogP contribution in [0.15, 0.2) is 16.5 Å². The highest BCUT2D eigenvalue weighted by atomic mass is 16.3. The van der Waals surface area contributed by atoms with Crippen molar-refractivity contribution in [3.63, 3.8) is 0 Å². The van der Waals surface area contributed by atoms with Crippen molar-refractivity contribution in [1.29, 1.82) is 0 Å². The van der Waals surface area contributed by atoms with Crippen LogP contribution in [0.3, 0.4) is 0 Å². The molecule has 1 aliphatic carbocycles. The van der Waals surface area contributed by atoms with Gasteiger partial charge >= 0.3 is 0 Å². The second-order valence-corrected chi connectivity index (χ2v) is 7.91. The first-order chi connectivity index (χ1) is 13.1. The van der Waals surface area contributed by atoms with Crippen molar-refractivity contribution < 1.29 is 9.52 Å². The van der Waals surface area contributed by atoms with E-state index >= 15 is 0 Å². The van der Waals surface area contributed by atoms with Crippen molar-refractivity contribution in [3.8, 4) is 11.3 Å². The van der Waals surface area contributed by atoms with E-state index in [4.69, 9.17) is 14.5 Å². The Morgan fingerprint density at radius 1 is 1.11 bits per heavy atom. The topological polar surface area (TPSA) is 66.8 Å². The average molecular weight is 366 g/mol. The number of nitrogens with zero attached hydrogens (tertiary/aromatic N) is 4. The number of hydrogen-bond acceptors (Lipinski definition) is 5. The Hall–Kier alpha value is -2.34. The SMILES string of the molecule is Cc1cc(-c2cc3nc4c(c(N5CCC(O)CC5)n3n2)CCCC4)c(C)o1. The molecule has 1 aliphatic heterocycles. The first-order valence-electron chi connectivity index (χ1n) is 10.0. The average Bonchev–Trinajstić information content (AvgIpc) is 3.22. The quantitative estimate of drug-likeness (QED) is 0.752. The summed E-state index contributed by atoms with van der Waals surface area (Å²) in [7, 11) is 0. The molecule has 3 aromatic heterocycles. The fourth-order valence-corrected chi connectivity index (χ4v) is 4.55. The molecule has 0 unspecified atom stereocenters. The van der Waals surface area contributed by atoms with E-state index in [0.717, 1.165) is 67.2 Å². The predicted molar refractivity (Wildman–Crippen MR) is 104 cm³/mol. The molecule has 1 fully saturated rings. The van der Waals surface area contributed by atoms with Gasteiger partial charge in [0.2, 0.25) is 0 Å². The summed E-state index contributed by atoms with van der Waals surface area (Å²) in [6, 6.07) is 4.13. The van der Waals surface area contributed by atoms with Crippen LogP contribution in [-0.2, 0) is 12.8 Å². The summed E-state index contributed by atoms with van der Waals surface area (Å²) < 4.78 is 7.74. The highest BCUT2D eigenvalue weighted by Gasteiger charge is 2.27. The molecule has 0 aromatic carbocycles. The van der Waals surface area contributed by atoms with Gasteiger partial charge in [-0.05, 0) is 58.4 Å². The van der Waals surface area contributed by atoms with E-state index in [1.54, 1.807) is 0 Å². The van der Waals surface area contributed by atoms with Crippen LogP contribution >= 0.6 is 0 Å². The standard InChI is InChI=1S/C21H26N4O2/c1-13-11-17(14(2)27-13)19-12-20-22-18-6-4-3-5-16(18)21(25(20)23-19)24-9-7-15(26)8-10-24/h11-12,15,26H,3-10H2,1-2H3. The molecule has 0 amide bonds. The molecule has 6 heteroatoms. The van der Waals surface area contributed by atoms with E-state index in [9.17, 15) is 5.11 Å². The first-order valence-corrected chi connectivity index (χ1v) is 10.0. The van der Waals surface area contributed by atoms with Crippen LogP contribution in [0.2, 0.25) is 0 Å². The Balaban J connectivity index is 1.69. The summed E-state index contributed by atoms with van der Waals surface area (Å²) in [6.45, 7) is 5.68. The van der Waals surface area contributed by atoms with E-state index < -0.39 is 0 Å². The third-order valence-corrected chi connectivity index (χ3v) is 5.93. The lowest BCUT2D eigenvalue weighted by Gasteiger charge is -2.34. The van der Waals surface area contributed by atoms with E-state index in [1.807, 2.05) is 24.4 Å². The van der Waals surface area contributed by atoms with Gasteiger partial charge in [0.15, 0.2) is 5.65 Å². The van der Waals surface area contributed by atoms with Gasteiger partial charge in [-0.2, -0.15) is 9.61 Å². The monoisotopic (exact) mass is 366 g/mol. The Morgan fingerprint density at radius 2 is 1.89 bits per heavy atom.